The first-order valence-electron chi connectivity index (χ1n) is 9.83. The molecule has 1 fully saturated rings. The highest BCUT2D eigenvalue weighted by Crippen LogP contribution is 2.24. The zero-order valence-electron chi connectivity index (χ0n) is 16.9. The summed E-state index contributed by atoms with van der Waals surface area (Å²) in [5.74, 6) is 0.760. The van der Waals surface area contributed by atoms with Crippen molar-refractivity contribution in [3.05, 3.63) is 47.3 Å². The molecule has 1 aliphatic heterocycles. The van der Waals surface area contributed by atoms with E-state index in [4.69, 9.17) is 0 Å². The van der Waals surface area contributed by atoms with Gasteiger partial charge in [-0.1, -0.05) is 18.2 Å². The molecule has 158 valence electrons. The minimum absolute atomic E-state index is 0.369. The topological polar surface area (TPSA) is 85.8 Å². The fraction of sp³-hybridized carbons (Fsp3) is 0.450. The minimum Gasteiger partial charge on any atom is -0.363 e. The number of sulfonamides is 1. The van der Waals surface area contributed by atoms with Crippen molar-refractivity contribution in [2.75, 3.05) is 35.5 Å². The number of anilines is 2. The average Bonchev–Trinajstić information content (AvgIpc) is 3.21. The first-order chi connectivity index (χ1) is 13.9. The third-order valence-corrected chi connectivity index (χ3v) is 6.24. The summed E-state index contributed by atoms with van der Waals surface area (Å²) in [6.07, 6.45) is 3.25. The van der Waals surface area contributed by atoms with Crippen LogP contribution in [0.15, 0.2) is 46.8 Å². The van der Waals surface area contributed by atoms with Crippen LogP contribution in [0, 0.1) is 0 Å². The Hall–Kier alpha value is -2.26. The van der Waals surface area contributed by atoms with E-state index in [1.54, 1.807) is 17.4 Å². The Morgan fingerprint density at radius 2 is 1.97 bits per heavy atom. The molecule has 0 aliphatic carbocycles. The number of nitrogens with zero attached hydrogens (tertiary/aromatic N) is 2. The molecule has 0 unspecified atom stereocenters. The van der Waals surface area contributed by atoms with Crippen molar-refractivity contribution in [3.8, 4) is 0 Å². The molecule has 2 aromatic rings. The van der Waals surface area contributed by atoms with Crippen LogP contribution in [0.1, 0.15) is 25.3 Å². The van der Waals surface area contributed by atoms with E-state index in [1.165, 1.54) is 5.00 Å². The monoisotopic (exact) mass is 435 g/mol. The standard InChI is InChI=1S/C20H29N5O2S2/c1-3-21-20(22-15-16-7-4-5-8-18(16)24-29(2,26)27)23-17-10-12-25(13-11-17)19-9-6-14-28-19/h4-9,14,17,24H,3,10-13,15H2,1-2H3,(H2,21,22,23). The number of rotatable bonds is 7. The van der Waals surface area contributed by atoms with Crippen molar-refractivity contribution in [2.24, 2.45) is 4.99 Å². The lowest BCUT2D eigenvalue weighted by molar-refractivity contribution is 0.463. The second-order valence-corrected chi connectivity index (χ2v) is 9.76. The number of hydrogen-bond donors (Lipinski definition) is 3. The quantitative estimate of drug-likeness (QED) is 0.460. The molecular formula is C20H29N5O2S2. The molecule has 29 heavy (non-hydrogen) atoms. The first kappa shape index (κ1) is 21.4. The molecule has 9 heteroatoms. The van der Waals surface area contributed by atoms with Crippen LogP contribution >= 0.6 is 11.3 Å². The third-order valence-electron chi connectivity index (χ3n) is 4.72. The lowest BCUT2D eigenvalue weighted by Crippen LogP contribution is -2.48. The molecule has 3 N–H and O–H groups in total. The van der Waals surface area contributed by atoms with Gasteiger partial charge in [-0.25, -0.2) is 13.4 Å². The lowest BCUT2D eigenvalue weighted by Gasteiger charge is -2.33. The normalized spacial score (nSPS) is 15.9. The highest BCUT2D eigenvalue weighted by Gasteiger charge is 2.20. The van der Waals surface area contributed by atoms with Crippen LogP contribution in [0.3, 0.4) is 0 Å². The maximum atomic E-state index is 11.6. The maximum Gasteiger partial charge on any atom is 0.229 e. The van der Waals surface area contributed by atoms with Gasteiger partial charge in [0.25, 0.3) is 0 Å². The smallest absolute Gasteiger partial charge is 0.229 e. The van der Waals surface area contributed by atoms with Crippen molar-refractivity contribution >= 4 is 38.0 Å². The van der Waals surface area contributed by atoms with Gasteiger partial charge in [0.05, 0.1) is 23.5 Å². The zero-order chi connectivity index (χ0) is 20.7. The molecule has 1 saturated heterocycles. The summed E-state index contributed by atoms with van der Waals surface area (Å²) in [4.78, 5) is 7.12. The summed E-state index contributed by atoms with van der Waals surface area (Å²) in [5.41, 5.74) is 1.40. The fourth-order valence-electron chi connectivity index (χ4n) is 3.33. The van der Waals surface area contributed by atoms with Crippen molar-refractivity contribution < 1.29 is 8.42 Å². The Morgan fingerprint density at radius 3 is 2.62 bits per heavy atom. The molecule has 0 saturated carbocycles. The Balaban J connectivity index is 1.61. The van der Waals surface area contributed by atoms with Crippen LogP contribution in [0.4, 0.5) is 10.7 Å². The van der Waals surface area contributed by atoms with E-state index in [9.17, 15) is 8.42 Å². The van der Waals surface area contributed by atoms with Gasteiger partial charge in [-0.2, -0.15) is 0 Å². The molecule has 0 spiro atoms. The van der Waals surface area contributed by atoms with E-state index in [0.717, 1.165) is 50.3 Å². The van der Waals surface area contributed by atoms with Crippen LogP contribution < -0.4 is 20.3 Å². The summed E-state index contributed by atoms with van der Waals surface area (Å²) in [7, 11) is -3.33. The van der Waals surface area contributed by atoms with Crippen LogP contribution in [0.5, 0.6) is 0 Å². The molecule has 7 nitrogen and oxygen atoms in total. The highest BCUT2D eigenvalue weighted by molar-refractivity contribution is 7.92. The SMILES string of the molecule is CCNC(=NCc1ccccc1NS(C)(=O)=O)NC1CCN(c2cccs2)CC1. The van der Waals surface area contributed by atoms with Crippen LogP contribution in [-0.2, 0) is 16.6 Å². The van der Waals surface area contributed by atoms with Gasteiger partial charge in [-0.05, 0) is 48.9 Å². The number of guanidine groups is 1. The summed E-state index contributed by atoms with van der Waals surface area (Å²) in [6.45, 7) is 5.25. The molecule has 0 radical (unpaired) electrons. The molecule has 1 aromatic carbocycles. The van der Waals surface area contributed by atoms with Crippen LogP contribution in [-0.4, -0.2) is 46.3 Å². The fourth-order valence-corrected chi connectivity index (χ4v) is 4.71. The largest absolute Gasteiger partial charge is 0.363 e. The molecule has 1 aliphatic rings. The van der Waals surface area contributed by atoms with Crippen molar-refractivity contribution in [3.63, 3.8) is 0 Å². The number of piperidine rings is 1. The molecule has 2 heterocycles. The molecule has 0 amide bonds. The first-order valence-corrected chi connectivity index (χ1v) is 12.6. The Morgan fingerprint density at radius 1 is 1.21 bits per heavy atom. The Labute approximate surface area is 177 Å². The third kappa shape index (κ3) is 6.64. The van der Waals surface area contributed by atoms with Gasteiger partial charge in [-0.3, -0.25) is 4.72 Å². The summed E-state index contributed by atoms with van der Waals surface area (Å²) >= 11 is 1.78. The summed E-state index contributed by atoms with van der Waals surface area (Å²) in [5, 5.41) is 10.3. The van der Waals surface area contributed by atoms with Crippen LogP contribution in [0.2, 0.25) is 0 Å². The van der Waals surface area contributed by atoms with Gasteiger partial charge in [-0.15, -0.1) is 11.3 Å². The summed E-state index contributed by atoms with van der Waals surface area (Å²) < 4.78 is 25.7. The Kier molecular flexibility index (Phi) is 7.38. The molecule has 0 bridgehead atoms. The van der Waals surface area contributed by atoms with E-state index >= 15 is 0 Å². The van der Waals surface area contributed by atoms with E-state index < -0.39 is 10.0 Å². The number of hydrogen-bond acceptors (Lipinski definition) is 5. The van der Waals surface area contributed by atoms with Gasteiger partial charge in [0.2, 0.25) is 10.0 Å². The highest BCUT2D eigenvalue weighted by atomic mass is 32.2. The predicted molar refractivity (Wildman–Crippen MR) is 122 cm³/mol. The average molecular weight is 436 g/mol. The number of aliphatic imine (C=N–C) groups is 1. The van der Waals surface area contributed by atoms with Gasteiger partial charge in [0.1, 0.15) is 0 Å². The van der Waals surface area contributed by atoms with E-state index in [2.05, 4.69) is 42.8 Å². The summed E-state index contributed by atoms with van der Waals surface area (Å²) in [6, 6.07) is 12.0. The van der Waals surface area contributed by atoms with Gasteiger partial charge >= 0.3 is 0 Å². The molecule has 0 atom stereocenters. The lowest BCUT2D eigenvalue weighted by atomic mass is 10.1. The predicted octanol–water partition coefficient (Wildman–Crippen LogP) is 2.84. The zero-order valence-corrected chi connectivity index (χ0v) is 18.5. The minimum atomic E-state index is -3.33. The van der Waals surface area contributed by atoms with E-state index in [-0.39, 0.29) is 0 Å². The number of nitrogens with one attached hydrogen (secondary N) is 3. The number of thiophene rings is 1. The maximum absolute atomic E-state index is 11.6. The van der Waals surface area contributed by atoms with Gasteiger partial charge in [0, 0.05) is 25.7 Å². The molecule has 3 rings (SSSR count). The van der Waals surface area contributed by atoms with Crippen LogP contribution in [0.25, 0.3) is 0 Å². The van der Waals surface area contributed by atoms with Crippen molar-refractivity contribution in [2.45, 2.75) is 32.4 Å². The van der Waals surface area contributed by atoms with Gasteiger partial charge in [0.15, 0.2) is 5.96 Å². The van der Waals surface area contributed by atoms with Gasteiger partial charge < -0.3 is 15.5 Å². The number of para-hydroxylation sites is 1. The second-order valence-electron chi connectivity index (χ2n) is 7.08. The molecular weight excluding hydrogens is 406 g/mol. The second kappa shape index (κ2) is 9.98. The molecule has 1 aromatic heterocycles. The van der Waals surface area contributed by atoms with Crippen molar-refractivity contribution in [1.82, 2.24) is 10.6 Å². The van der Waals surface area contributed by atoms with E-state index in [1.807, 2.05) is 25.1 Å². The Bertz CT molecular complexity index is 905. The van der Waals surface area contributed by atoms with E-state index in [0.29, 0.717) is 18.3 Å². The number of benzene rings is 1. The van der Waals surface area contributed by atoms with Crippen molar-refractivity contribution in [1.29, 1.82) is 0 Å².